The number of hydrogen-bond acceptors (Lipinski definition) is 6. The molecule has 2 aromatic rings. The Morgan fingerprint density at radius 2 is 1.88 bits per heavy atom. The predicted molar refractivity (Wildman–Crippen MR) is 88.3 cm³/mol. The Morgan fingerprint density at radius 1 is 1.17 bits per heavy atom. The lowest BCUT2D eigenvalue weighted by Crippen LogP contribution is -2.33. The van der Waals surface area contributed by atoms with Gasteiger partial charge in [0.25, 0.3) is 0 Å². The summed E-state index contributed by atoms with van der Waals surface area (Å²) in [6.07, 6.45) is 3.35. The van der Waals surface area contributed by atoms with Crippen molar-refractivity contribution in [1.29, 1.82) is 0 Å². The van der Waals surface area contributed by atoms with Crippen molar-refractivity contribution in [2.45, 2.75) is 44.7 Å². The summed E-state index contributed by atoms with van der Waals surface area (Å²) in [5, 5.41) is 4.14. The molecule has 1 aliphatic heterocycles. The predicted octanol–water partition coefficient (Wildman–Crippen LogP) is 3.08. The number of benzene rings is 1. The summed E-state index contributed by atoms with van der Waals surface area (Å²) in [5.74, 6) is 3.69. The van der Waals surface area contributed by atoms with Crippen LogP contribution >= 0.6 is 0 Å². The summed E-state index contributed by atoms with van der Waals surface area (Å²) in [6, 6.07) is 4.29. The Labute approximate surface area is 141 Å². The van der Waals surface area contributed by atoms with E-state index in [1.807, 2.05) is 0 Å². The summed E-state index contributed by atoms with van der Waals surface area (Å²) in [4.78, 5) is 6.97. The number of methoxy groups -OCH3 is 2. The average Bonchev–Trinajstić information content (AvgIpc) is 3.36. The molecule has 0 bridgehead atoms. The number of hydrogen-bond donors (Lipinski definition) is 0. The first-order chi connectivity index (χ1) is 11.7. The summed E-state index contributed by atoms with van der Waals surface area (Å²) >= 11 is 0. The first-order valence-corrected chi connectivity index (χ1v) is 8.51. The van der Waals surface area contributed by atoms with Crippen molar-refractivity contribution >= 4 is 0 Å². The first kappa shape index (κ1) is 15.4. The van der Waals surface area contributed by atoms with Crippen LogP contribution in [0.2, 0.25) is 0 Å². The molecule has 0 N–H and O–H groups in total. The van der Waals surface area contributed by atoms with Crippen LogP contribution in [0.5, 0.6) is 11.5 Å². The molecule has 1 atom stereocenters. The summed E-state index contributed by atoms with van der Waals surface area (Å²) < 4.78 is 16.3. The smallest absolute Gasteiger partial charge is 0.243 e. The molecule has 0 spiro atoms. The van der Waals surface area contributed by atoms with Crippen LogP contribution in [0.1, 0.15) is 54.6 Å². The van der Waals surface area contributed by atoms with Crippen LogP contribution < -0.4 is 9.47 Å². The largest absolute Gasteiger partial charge is 0.493 e. The lowest BCUT2D eigenvalue weighted by Gasteiger charge is -2.32. The third kappa shape index (κ3) is 2.75. The highest BCUT2D eigenvalue weighted by atomic mass is 16.5. The molecule has 1 aromatic heterocycles. The van der Waals surface area contributed by atoms with E-state index in [0.29, 0.717) is 5.92 Å². The number of aromatic nitrogens is 2. The maximum atomic E-state index is 5.50. The van der Waals surface area contributed by atoms with Crippen LogP contribution in [0.3, 0.4) is 0 Å². The van der Waals surface area contributed by atoms with E-state index in [1.165, 1.54) is 24.0 Å². The number of ether oxygens (including phenoxy) is 2. The van der Waals surface area contributed by atoms with E-state index in [0.717, 1.165) is 42.7 Å². The van der Waals surface area contributed by atoms with E-state index in [2.05, 4.69) is 34.1 Å². The van der Waals surface area contributed by atoms with E-state index in [4.69, 9.17) is 14.0 Å². The van der Waals surface area contributed by atoms with Gasteiger partial charge in [0.15, 0.2) is 17.3 Å². The van der Waals surface area contributed by atoms with Crippen molar-refractivity contribution in [2.24, 2.45) is 0 Å². The Kier molecular flexibility index (Phi) is 3.92. The van der Waals surface area contributed by atoms with Crippen LogP contribution in [0.15, 0.2) is 16.7 Å². The average molecular weight is 329 g/mol. The van der Waals surface area contributed by atoms with Gasteiger partial charge in [0, 0.05) is 19.0 Å². The van der Waals surface area contributed by atoms with Gasteiger partial charge in [-0.1, -0.05) is 5.16 Å². The zero-order valence-corrected chi connectivity index (χ0v) is 14.4. The molecule has 1 fully saturated rings. The highest BCUT2D eigenvalue weighted by molar-refractivity contribution is 5.48. The standard InChI is InChI=1S/C18H23N3O3/c1-11(18-19-17(20-24-18)12-4-5-12)21-7-6-13-8-15(22-2)16(23-3)9-14(13)10-21/h8-9,11-12H,4-7,10H2,1-3H3/t11-/m1/s1. The van der Waals surface area contributed by atoms with Gasteiger partial charge in [-0.05, 0) is 49.4 Å². The molecule has 6 nitrogen and oxygen atoms in total. The van der Waals surface area contributed by atoms with E-state index in [1.54, 1.807) is 14.2 Å². The van der Waals surface area contributed by atoms with Gasteiger partial charge in [-0.15, -0.1) is 0 Å². The van der Waals surface area contributed by atoms with Gasteiger partial charge in [-0.2, -0.15) is 4.98 Å². The molecule has 0 radical (unpaired) electrons. The maximum Gasteiger partial charge on any atom is 0.243 e. The number of fused-ring (bicyclic) bond motifs is 1. The molecule has 1 aliphatic carbocycles. The van der Waals surface area contributed by atoms with Gasteiger partial charge >= 0.3 is 0 Å². The van der Waals surface area contributed by atoms with Crippen LogP contribution in [0, 0.1) is 0 Å². The van der Waals surface area contributed by atoms with Crippen molar-refractivity contribution in [3.8, 4) is 11.5 Å². The number of rotatable bonds is 5. The molecule has 128 valence electrons. The van der Waals surface area contributed by atoms with Crippen molar-refractivity contribution in [2.75, 3.05) is 20.8 Å². The molecule has 0 amide bonds. The minimum atomic E-state index is 0.117. The molecule has 1 saturated carbocycles. The normalized spacial score (nSPS) is 19.0. The van der Waals surface area contributed by atoms with Crippen LogP contribution in [0.4, 0.5) is 0 Å². The maximum absolute atomic E-state index is 5.50. The summed E-state index contributed by atoms with van der Waals surface area (Å²) in [7, 11) is 3.35. The lowest BCUT2D eigenvalue weighted by molar-refractivity contribution is 0.157. The fourth-order valence-corrected chi connectivity index (χ4v) is 3.32. The van der Waals surface area contributed by atoms with Crippen LogP contribution in [-0.2, 0) is 13.0 Å². The fraction of sp³-hybridized carbons (Fsp3) is 0.556. The van der Waals surface area contributed by atoms with Crippen molar-refractivity contribution < 1.29 is 14.0 Å². The monoisotopic (exact) mass is 329 g/mol. The van der Waals surface area contributed by atoms with Gasteiger partial charge < -0.3 is 14.0 Å². The second-order valence-electron chi connectivity index (χ2n) is 6.64. The molecule has 0 saturated heterocycles. The van der Waals surface area contributed by atoms with Crippen molar-refractivity contribution in [3.63, 3.8) is 0 Å². The highest BCUT2D eigenvalue weighted by Gasteiger charge is 2.31. The Morgan fingerprint density at radius 3 is 2.54 bits per heavy atom. The molecule has 6 heteroatoms. The fourth-order valence-electron chi connectivity index (χ4n) is 3.32. The summed E-state index contributed by atoms with van der Waals surface area (Å²) in [6.45, 7) is 3.94. The Hall–Kier alpha value is -2.08. The zero-order valence-electron chi connectivity index (χ0n) is 14.4. The molecule has 1 aromatic carbocycles. The molecule has 4 rings (SSSR count). The number of nitrogens with zero attached hydrogens (tertiary/aromatic N) is 3. The van der Waals surface area contributed by atoms with Gasteiger partial charge in [0.1, 0.15) is 0 Å². The highest BCUT2D eigenvalue weighted by Crippen LogP contribution is 2.39. The van der Waals surface area contributed by atoms with Gasteiger partial charge in [0.05, 0.1) is 20.3 Å². The van der Waals surface area contributed by atoms with E-state index in [-0.39, 0.29) is 6.04 Å². The minimum absolute atomic E-state index is 0.117. The van der Waals surface area contributed by atoms with Gasteiger partial charge in [-0.25, -0.2) is 0 Å². The van der Waals surface area contributed by atoms with Crippen LogP contribution in [0.25, 0.3) is 0 Å². The van der Waals surface area contributed by atoms with Gasteiger partial charge in [0.2, 0.25) is 5.89 Å². The minimum Gasteiger partial charge on any atom is -0.493 e. The second kappa shape index (κ2) is 6.09. The topological polar surface area (TPSA) is 60.6 Å². The molecule has 2 aliphatic rings. The Bertz CT molecular complexity index is 739. The van der Waals surface area contributed by atoms with Crippen molar-refractivity contribution in [1.82, 2.24) is 15.0 Å². The quantitative estimate of drug-likeness (QED) is 0.840. The molecular weight excluding hydrogens is 306 g/mol. The third-order valence-electron chi connectivity index (χ3n) is 5.05. The lowest BCUT2D eigenvalue weighted by atomic mass is 9.97. The van der Waals surface area contributed by atoms with Crippen LogP contribution in [-0.4, -0.2) is 35.8 Å². The third-order valence-corrected chi connectivity index (χ3v) is 5.05. The van der Waals surface area contributed by atoms with Crippen molar-refractivity contribution in [3.05, 3.63) is 35.0 Å². The van der Waals surface area contributed by atoms with Gasteiger partial charge in [-0.3, -0.25) is 4.90 Å². The summed E-state index contributed by atoms with van der Waals surface area (Å²) in [5.41, 5.74) is 2.59. The van der Waals surface area contributed by atoms with E-state index in [9.17, 15) is 0 Å². The first-order valence-electron chi connectivity index (χ1n) is 8.51. The molecule has 24 heavy (non-hydrogen) atoms. The van der Waals surface area contributed by atoms with E-state index >= 15 is 0 Å². The molecule has 2 heterocycles. The van der Waals surface area contributed by atoms with E-state index < -0.39 is 0 Å². The molecular formula is C18H23N3O3. The SMILES string of the molecule is COc1cc2c(cc1OC)CN([C@H](C)c1nc(C3CC3)no1)CC2. The molecule has 0 unspecified atom stereocenters. The Balaban J connectivity index is 1.54. The zero-order chi connectivity index (χ0) is 16.7. The second-order valence-corrected chi connectivity index (χ2v) is 6.64.